The maximum atomic E-state index is 12.7. The zero-order valence-corrected chi connectivity index (χ0v) is 15.7. The molecule has 1 saturated heterocycles. The summed E-state index contributed by atoms with van der Waals surface area (Å²) in [5, 5.41) is 4.97. The Balaban J connectivity index is 1.34. The number of carbonyl (C=O) groups is 1. The molecule has 138 valence electrons. The lowest BCUT2D eigenvalue weighted by Gasteiger charge is -2.34. The predicted octanol–water partition coefficient (Wildman–Crippen LogP) is 3.48. The second-order valence-corrected chi connectivity index (χ2v) is 7.08. The van der Waals surface area contributed by atoms with E-state index in [1.165, 1.54) is 5.56 Å². The molecule has 0 bridgehead atoms. The highest BCUT2D eigenvalue weighted by Crippen LogP contribution is 2.18. The van der Waals surface area contributed by atoms with Crippen molar-refractivity contribution in [1.29, 1.82) is 0 Å². The second-order valence-electron chi connectivity index (χ2n) is 6.68. The molecule has 1 aliphatic rings. The molecule has 1 amide bonds. The lowest BCUT2D eigenvalue weighted by Crippen LogP contribution is -2.48. The molecule has 27 heavy (non-hydrogen) atoms. The molecule has 3 aromatic rings. The van der Waals surface area contributed by atoms with Crippen molar-refractivity contribution in [1.82, 2.24) is 19.6 Å². The molecule has 0 radical (unpaired) electrons. The molecular formula is C21H21ClN4O. The number of hydrogen-bond acceptors (Lipinski definition) is 3. The van der Waals surface area contributed by atoms with E-state index in [0.29, 0.717) is 23.7 Å². The maximum absolute atomic E-state index is 12.7. The summed E-state index contributed by atoms with van der Waals surface area (Å²) in [6, 6.07) is 17.3. The normalized spacial score (nSPS) is 15.1. The number of piperazine rings is 1. The van der Waals surface area contributed by atoms with Crippen molar-refractivity contribution in [3.8, 4) is 5.69 Å². The van der Waals surface area contributed by atoms with Gasteiger partial charge in [0.1, 0.15) is 0 Å². The molecule has 1 aliphatic heterocycles. The SMILES string of the molecule is O=C(c1ccccc1Cl)N1CCN(Cc2cnn(-c3ccccc3)c2)CC1. The van der Waals surface area contributed by atoms with Gasteiger partial charge in [-0.3, -0.25) is 9.69 Å². The van der Waals surface area contributed by atoms with E-state index >= 15 is 0 Å². The minimum Gasteiger partial charge on any atom is -0.336 e. The molecule has 1 fully saturated rings. The predicted molar refractivity (Wildman–Crippen MR) is 106 cm³/mol. The zero-order valence-electron chi connectivity index (χ0n) is 15.0. The average molecular weight is 381 g/mol. The van der Waals surface area contributed by atoms with E-state index < -0.39 is 0 Å². The van der Waals surface area contributed by atoms with Crippen molar-refractivity contribution in [2.45, 2.75) is 6.54 Å². The first kappa shape index (κ1) is 17.8. The van der Waals surface area contributed by atoms with E-state index in [0.717, 1.165) is 25.3 Å². The van der Waals surface area contributed by atoms with Gasteiger partial charge in [-0.15, -0.1) is 0 Å². The topological polar surface area (TPSA) is 41.4 Å². The van der Waals surface area contributed by atoms with Crippen LogP contribution in [0.3, 0.4) is 0 Å². The van der Waals surface area contributed by atoms with Crippen molar-refractivity contribution < 1.29 is 4.79 Å². The summed E-state index contributed by atoms with van der Waals surface area (Å²) in [5.41, 5.74) is 2.81. The van der Waals surface area contributed by atoms with Gasteiger partial charge in [0.05, 0.1) is 22.5 Å². The van der Waals surface area contributed by atoms with Crippen LogP contribution in [-0.4, -0.2) is 51.7 Å². The Kier molecular flexibility index (Phi) is 5.23. The molecule has 2 aromatic carbocycles. The van der Waals surface area contributed by atoms with Gasteiger partial charge < -0.3 is 4.90 Å². The Labute approximate surface area is 163 Å². The van der Waals surface area contributed by atoms with Crippen LogP contribution in [-0.2, 0) is 6.54 Å². The number of hydrogen-bond donors (Lipinski definition) is 0. The summed E-state index contributed by atoms with van der Waals surface area (Å²) in [7, 11) is 0. The number of aromatic nitrogens is 2. The molecule has 0 spiro atoms. The Hall–Kier alpha value is -2.63. The fourth-order valence-electron chi connectivity index (χ4n) is 3.34. The third-order valence-electron chi connectivity index (χ3n) is 4.83. The van der Waals surface area contributed by atoms with Gasteiger partial charge in [-0.2, -0.15) is 5.10 Å². The van der Waals surface area contributed by atoms with E-state index in [1.54, 1.807) is 12.1 Å². The van der Waals surface area contributed by atoms with Crippen molar-refractivity contribution in [3.63, 3.8) is 0 Å². The summed E-state index contributed by atoms with van der Waals surface area (Å²) in [5.74, 6) is 0.0112. The Bertz CT molecular complexity index is 917. The van der Waals surface area contributed by atoms with Crippen LogP contribution in [0.4, 0.5) is 0 Å². The van der Waals surface area contributed by atoms with Crippen LogP contribution in [0.15, 0.2) is 67.0 Å². The van der Waals surface area contributed by atoms with Crippen LogP contribution in [0.5, 0.6) is 0 Å². The number of halogens is 1. The van der Waals surface area contributed by atoms with Gasteiger partial charge in [0.25, 0.3) is 5.91 Å². The van der Waals surface area contributed by atoms with E-state index in [-0.39, 0.29) is 5.91 Å². The van der Waals surface area contributed by atoms with Crippen molar-refractivity contribution in [2.24, 2.45) is 0 Å². The maximum Gasteiger partial charge on any atom is 0.255 e. The Morgan fingerprint density at radius 3 is 2.41 bits per heavy atom. The van der Waals surface area contributed by atoms with Crippen LogP contribution < -0.4 is 0 Å². The first-order valence-corrected chi connectivity index (χ1v) is 9.43. The van der Waals surface area contributed by atoms with E-state index in [9.17, 15) is 4.79 Å². The van der Waals surface area contributed by atoms with Gasteiger partial charge >= 0.3 is 0 Å². The van der Waals surface area contributed by atoms with E-state index in [1.807, 2.05) is 58.2 Å². The monoisotopic (exact) mass is 380 g/mol. The van der Waals surface area contributed by atoms with Gasteiger partial charge in [0.2, 0.25) is 0 Å². The van der Waals surface area contributed by atoms with Crippen LogP contribution in [0.25, 0.3) is 5.69 Å². The molecular weight excluding hydrogens is 360 g/mol. The van der Waals surface area contributed by atoms with Gasteiger partial charge in [-0.1, -0.05) is 41.9 Å². The molecule has 0 atom stereocenters. The first-order valence-electron chi connectivity index (χ1n) is 9.06. The van der Waals surface area contributed by atoms with Gasteiger partial charge in [0, 0.05) is 44.5 Å². The number of amides is 1. The van der Waals surface area contributed by atoms with Crippen LogP contribution in [0.2, 0.25) is 5.02 Å². The molecule has 4 rings (SSSR count). The van der Waals surface area contributed by atoms with Crippen LogP contribution in [0, 0.1) is 0 Å². The summed E-state index contributed by atoms with van der Waals surface area (Å²) < 4.78 is 1.90. The fourth-order valence-corrected chi connectivity index (χ4v) is 3.55. The largest absolute Gasteiger partial charge is 0.336 e. The van der Waals surface area contributed by atoms with Gasteiger partial charge in [0.15, 0.2) is 0 Å². The standard InChI is InChI=1S/C21H21ClN4O/c22-20-9-5-4-8-19(20)21(27)25-12-10-24(11-13-25)15-17-14-23-26(16-17)18-6-2-1-3-7-18/h1-9,14,16H,10-13,15H2. The minimum atomic E-state index is 0.0112. The highest BCUT2D eigenvalue weighted by atomic mass is 35.5. The van der Waals surface area contributed by atoms with E-state index in [4.69, 9.17) is 11.6 Å². The summed E-state index contributed by atoms with van der Waals surface area (Å²) in [6.07, 6.45) is 3.98. The summed E-state index contributed by atoms with van der Waals surface area (Å²) in [4.78, 5) is 16.9. The fraction of sp³-hybridized carbons (Fsp3) is 0.238. The quantitative estimate of drug-likeness (QED) is 0.695. The highest BCUT2D eigenvalue weighted by Gasteiger charge is 2.23. The number of para-hydroxylation sites is 1. The molecule has 0 saturated carbocycles. The molecule has 6 heteroatoms. The summed E-state index contributed by atoms with van der Waals surface area (Å²) >= 11 is 6.16. The summed E-state index contributed by atoms with van der Waals surface area (Å²) in [6.45, 7) is 3.92. The van der Waals surface area contributed by atoms with Crippen molar-refractivity contribution in [2.75, 3.05) is 26.2 Å². The van der Waals surface area contributed by atoms with Crippen LogP contribution >= 0.6 is 11.6 Å². The van der Waals surface area contributed by atoms with Gasteiger partial charge in [-0.05, 0) is 24.3 Å². The molecule has 1 aromatic heterocycles. The zero-order chi connectivity index (χ0) is 18.6. The Morgan fingerprint density at radius 1 is 0.963 bits per heavy atom. The number of nitrogens with zero attached hydrogens (tertiary/aromatic N) is 4. The number of rotatable bonds is 4. The Morgan fingerprint density at radius 2 is 1.67 bits per heavy atom. The third kappa shape index (κ3) is 4.04. The molecule has 2 heterocycles. The average Bonchev–Trinajstić information content (AvgIpc) is 3.18. The lowest BCUT2D eigenvalue weighted by molar-refractivity contribution is 0.0628. The molecule has 0 N–H and O–H groups in total. The van der Waals surface area contributed by atoms with Gasteiger partial charge in [-0.25, -0.2) is 4.68 Å². The minimum absolute atomic E-state index is 0.0112. The first-order chi connectivity index (χ1) is 13.2. The van der Waals surface area contributed by atoms with Crippen molar-refractivity contribution in [3.05, 3.63) is 83.1 Å². The molecule has 5 nitrogen and oxygen atoms in total. The third-order valence-corrected chi connectivity index (χ3v) is 5.16. The molecule has 0 aliphatic carbocycles. The second kappa shape index (κ2) is 7.94. The number of benzene rings is 2. The van der Waals surface area contributed by atoms with E-state index in [2.05, 4.69) is 16.2 Å². The lowest BCUT2D eigenvalue weighted by atomic mass is 10.1. The molecule has 0 unspecified atom stereocenters. The van der Waals surface area contributed by atoms with Crippen molar-refractivity contribution >= 4 is 17.5 Å². The van der Waals surface area contributed by atoms with Crippen LogP contribution in [0.1, 0.15) is 15.9 Å². The highest BCUT2D eigenvalue weighted by molar-refractivity contribution is 6.33. The number of carbonyl (C=O) groups excluding carboxylic acids is 1. The smallest absolute Gasteiger partial charge is 0.255 e.